The summed E-state index contributed by atoms with van der Waals surface area (Å²) < 4.78 is 57.5. The summed E-state index contributed by atoms with van der Waals surface area (Å²) in [7, 11) is 0. The molecular weight excluding hydrogens is 390 g/mol. The Bertz CT molecular complexity index is 1050. The molecule has 1 saturated heterocycles. The number of carbonyl (C=O) groups excluding carboxylic acids is 1. The quantitative estimate of drug-likeness (QED) is 0.608. The summed E-state index contributed by atoms with van der Waals surface area (Å²) >= 11 is 0. The molecule has 0 radical (unpaired) electrons. The number of aromatic amines is 1. The van der Waals surface area contributed by atoms with Gasteiger partial charge in [0.1, 0.15) is 19.3 Å². The maximum Gasteiger partial charge on any atom is 0.419 e. The second-order valence-corrected chi connectivity index (χ2v) is 6.91. The molecule has 0 unspecified atom stereocenters. The van der Waals surface area contributed by atoms with Crippen LogP contribution in [0.4, 0.5) is 23.4 Å². The van der Waals surface area contributed by atoms with Crippen LogP contribution in [-0.2, 0) is 6.18 Å². The Kier molecular flexibility index (Phi) is 4.68. The standard InChI is InChI=1S/C20H17F4N3O2/c1-12-14-3-2-4-15(21)18(14)29-17(12)19(28)27-9-7-26(8-10-27)16-6-5-13(11-25-16)20(22,23)24/h2-6,11H,7-10H2,1H3/p+1. The van der Waals surface area contributed by atoms with Gasteiger partial charge in [0.25, 0.3) is 11.7 Å². The topological polar surface area (TPSA) is 50.8 Å². The zero-order valence-corrected chi connectivity index (χ0v) is 15.5. The summed E-state index contributed by atoms with van der Waals surface area (Å²) in [5.41, 5.74) is -0.100. The van der Waals surface area contributed by atoms with Crippen LogP contribution in [0.1, 0.15) is 21.7 Å². The second-order valence-electron chi connectivity index (χ2n) is 6.91. The molecule has 0 atom stereocenters. The van der Waals surface area contributed by atoms with Crippen molar-refractivity contribution in [3.05, 3.63) is 59.2 Å². The molecule has 0 aliphatic carbocycles. The van der Waals surface area contributed by atoms with Gasteiger partial charge in [-0.2, -0.15) is 13.2 Å². The number of carbonyl (C=O) groups is 1. The molecule has 0 spiro atoms. The Labute approximate surface area is 163 Å². The summed E-state index contributed by atoms with van der Waals surface area (Å²) in [6, 6.07) is 6.95. The van der Waals surface area contributed by atoms with Gasteiger partial charge in [-0.1, -0.05) is 12.1 Å². The van der Waals surface area contributed by atoms with E-state index in [2.05, 4.69) is 4.98 Å². The molecule has 3 aromatic rings. The summed E-state index contributed by atoms with van der Waals surface area (Å²) in [4.78, 5) is 19.0. The van der Waals surface area contributed by atoms with Crippen LogP contribution >= 0.6 is 0 Å². The maximum atomic E-state index is 13.9. The van der Waals surface area contributed by atoms with Gasteiger partial charge in [-0.3, -0.25) is 9.69 Å². The van der Waals surface area contributed by atoms with E-state index in [1.165, 1.54) is 12.1 Å². The Morgan fingerprint density at radius 1 is 1.10 bits per heavy atom. The lowest BCUT2D eigenvalue weighted by Crippen LogP contribution is -2.50. The van der Waals surface area contributed by atoms with Crippen LogP contribution in [0.2, 0.25) is 0 Å². The molecule has 0 bridgehead atoms. The molecule has 4 rings (SSSR count). The van der Waals surface area contributed by atoms with Crippen LogP contribution in [0.3, 0.4) is 0 Å². The number of alkyl halides is 3. The van der Waals surface area contributed by atoms with Crippen molar-refractivity contribution in [3.63, 3.8) is 0 Å². The number of nitrogens with one attached hydrogen (secondary N) is 1. The van der Waals surface area contributed by atoms with Gasteiger partial charge >= 0.3 is 6.18 Å². The number of halogens is 4. The Hall–Kier alpha value is -3.10. The number of rotatable bonds is 2. The fourth-order valence-corrected chi connectivity index (χ4v) is 3.50. The number of pyridine rings is 1. The first-order valence-corrected chi connectivity index (χ1v) is 9.06. The molecule has 1 N–H and O–H groups in total. The highest BCUT2D eigenvalue weighted by atomic mass is 19.4. The number of amides is 1. The van der Waals surface area contributed by atoms with Gasteiger partial charge in [-0.15, -0.1) is 0 Å². The molecule has 1 fully saturated rings. The van der Waals surface area contributed by atoms with Crippen LogP contribution in [0.15, 0.2) is 40.9 Å². The van der Waals surface area contributed by atoms with Crippen molar-refractivity contribution in [3.8, 4) is 0 Å². The third kappa shape index (κ3) is 3.52. The Balaban J connectivity index is 1.46. The van der Waals surface area contributed by atoms with Crippen molar-refractivity contribution in [2.75, 3.05) is 31.1 Å². The van der Waals surface area contributed by atoms with E-state index < -0.39 is 17.6 Å². The van der Waals surface area contributed by atoms with E-state index in [-0.39, 0.29) is 17.3 Å². The predicted octanol–water partition coefficient (Wildman–Crippen LogP) is 3.68. The number of hydrogen-bond acceptors (Lipinski definition) is 3. The monoisotopic (exact) mass is 408 g/mol. The van der Waals surface area contributed by atoms with Crippen molar-refractivity contribution in [2.45, 2.75) is 13.1 Å². The normalized spacial score (nSPS) is 15.2. The number of nitrogens with zero attached hydrogens (tertiary/aromatic N) is 2. The van der Waals surface area contributed by atoms with Gasteiger partial charge in [0, 0.05) is 17.0 Å². The van der Waals surface area contributed by atoms with E-state index in [1.807, 2.05) is 4.90 Å². The van der Waals surface area contributed by atoms with E-state index in [1.54, 1.807) is 24.0 Å². The van der Waals surface area contributed by atoms with Crippen LogP contribution in [0.5, 0.6) is 0 Å². The average molecular weight is 408 g/mol. The van der Waals surface area contributed by atoms with Gasteiger partial charge in [-0.25, -0.2) is 9.37 Å². The minimum absolute atomic E-state index is 0.0614. The largest absolute Gasteiger partial charge is 0.448 e. The highest BCUT2D eigenvalue weighted by Gasteiger charge is 2.33. The first kappa shape index (κ1) is 19.2. The number of piperazine rings is 1. The SMILES string of the molecule is Cc1c(C(=O)N2CCN(c3ccc(C(F)(F)F)c[nH+]3)CC2)oc2c(F)cccc12. The first-order valence-electron chi connectivity index (χ1n) is 9.06. The molecule has 0 saturated carbocycles. The van der Waals surface area contributed by atoms with E-state index >= 15 is 0 Å². The first-order chi connectivity index (χ1) is 13.8. The van der Waals surface area contributed by atoms with Crippen LogP contribution in [-0.4, -0.2) is 37.0 Å². The van der Waals surface area contributed by atoms with Crippen molar-refractivity contribution in [2.24, 2.45) is 0 Å². The van der Waals surface area contributed by atoms with E-state index in [9.17, 15) is 22.4 Å². The number of para-hydroxylation sites is 1. The third-order valence-electron chi connectivity index (χ3n) is 5.14. The van der Waals surface area contributed by atoms with Crippen LogP contribution in [0.25, 0.3) is 11.0 Å². The number of anilines is 1. The average Bonchev–Trinajstić information content (AvgIpc) is 3.05. The molecule has 1 aromatic carbocycles. The zero-order chi connectivity index (χ0) is 20.8. The Morgan fingerprint density at radius 3 is 2.41 bits per heavy atom. The van der Waals surface area contributed by atoms with Gasteiger partial charge in [-0.05, 0) is 19.1 Å². The van der Waals surface area contributed by atoms with Crippen LogP contribution in [0, 0.1) is 12.7 Å². The number of H-pyrrole nitrogens is 1. The smallest absolute Gasteiger partial charge is 0.419 e. The van der Waals surface area contributed by atoms with Crippen molar-refractivity contribution in [1.29, 1.82) is 0 Å². The molecule has 9 heteroatoms. The summed E-state index contributed by atoms with van der Waals surface area (Å²) in [6.07, 6.45) is -3.47. The van der Waals surface area contributed by atoms with Gasteiger partial charge in [0.15, 0.2) is 17.2 Å². The lowest BCUT2D eigenvalue weighted by atomic mass is 10.1. The van der Waals surface area contributed by atoms with Gasteiger partial charge in [0.2, 0.25) is 0 Å². The maximum absolute atomic E-state index is 13.9. The van der Waals surface area contributed by atoms with Gasteiger partial charge in [0.05, 0.1) is 18.7 Å². The molecule has 5 nitrogen and oxygen atoms in total. The molecule has 1 aliphatic rings. The molecule has 3 heterocycles. The number of benzene rings is 1. The molecular formula is C20H18F4N3O2+. The molecule has 29 heavy (non-hydrogen) atoms. The minimum atomic E-state index is -4.40. The summed E-state index contributed by atoms with van der Waals surface area (Å²) in [6.45, 7) is 3.34. The lowest BCUT2D eigenvalue weighted by Gasteiger charge is -2.30. The Morgan fingerprint density at radius 2 is 1.83 bits per heavy atom. The second kappa shape index (κ2) is 7.06. The minimum Gasteiger partial charge on any atom is -0.448 e. The van der Waals surface area contributed by atoms with E-state index in [4.69, 9.17) is 4.42 Å². The van der Waals surface area contributed by atoms with E-state index in [0.29, 0.717) is 42.9 Å². The summed E-state index contributed by atoms with van der Waals surface area (Å²) in [5, 5.41) is 0.561. The summed E-state index contributed by atoms with van der Waals surface area (Å²) in [5.74, 6) is -0.187. The van der Waals surface area contributed by atoms with Crippen molar-refractivity contribution < 1.29 is 31.8 Å². The molecule has 1 amide bonds. The number of furan rings is 1. The van der Waals surface area contributed by atoms with Crippen LogP contribution < -0.4 is 9.88 Å². The third-order valence-corrected chi connectivity index (χ3v) is 5.14. The van der Waals surface area contributed by atoms with Crippen molar-refractivity contribution >= 4 is 22.7 Å². The number of hydrogen-bond donors (Lipinski definition) is 0. The number of fused-ring (bicyclic) bond motifs is 1. The van der Waals surface area contributed by atoms with Gasteiger partial charge < -0.3 is 9.32 Å². The van der Waals surface area contributed by atoms with Crippen molar-refractivity contribution in [1.82, 2.24) is 4.90 Å². The molecule has 1 aliphatic heterocycles. The fraction of sp³-hybridized carbons (Fsp3) is 0.300. The molecule has 2 aromatic heterocycles. The highest BCUT2D eigenvalue weighted by molar-refractivity contribution is 5.99. The molecule has 152 valence electrons. The zero-order valence-electron chi connectivity index (χ0n) is 15.5. The lowest BCUT2D eigenvalue weighted by molar-refractivity contribution is -0.367. The fourth-order valence-electron chi connectivity index (χ4n) is 3.50. The number of aromatic nitrogens is 1. The van der Waals surface area contributed by atoms with E-state index in [0.717, 1.165) is 12.3 Å². The number of aryl methyl sites for hydroxylation is 1. The highest BCUT2D eigenvalue weighted by Crippen LogP contribution is 2.30. The predicted molar refractivity (Wildman–Crippen MR) is 97.0 cm³/mol.